The Morgan fingerprint density at radius 2 is 1.81 bits per heavy atom. The van der Waals surface area contributed by atoms with E-state index in [1.165, 1.54) is 7.11 Å². The van der Waals surface area contributed by atoms with E-state index in [1.54, 1.807) is 18.0 Å². The van der Waals surface area contributed by atoms with Gasteiger partial charge in [-0.1, -0.05) is 35.9 Å². The molecule has 3 aromatic rings. The molecule has 0 atom stereocenters. The smallest absolute Gasteiger partial charge is 0.275 e. The van der Waals surface area contributed by atoms with Crippen LogP contribution in [-0.2, 0) is 6.42 Å². The number of aryl methyl sites for hydroxylation is 1. The lowest BCUT2D eigenvalue weighted by Crippen LogP contribution is -2.26. The van der Waals surface area contributed by atoms with Gasteiger partial charge in [0.1, 0.15) is 5.75 Å². The molecule has 0 fully saturated rings. The van der Waals surface area contributed by atoms with Crippen molar-refractivity contribution in [2.24, 2.45) is 0 Å². The average molecular weight is 365 g/mol. The van der Waals surface area contributed by atoms with E-state index in [2.05, 4.69) is 16.5 Å². The Labute approximate surface area is 158 Å². The minimum atomic E-state index is -0.270. The predicted octanol–water partition coefficient (Wildman–Crippen LogP) is 3.17. The first-order chi connectivity index (χ1) is 13.1. The Balaban J connectivity index is 1.70. The van der Waals surface area contributed by atoms with Crippen LogP contribution in [0.25, 0.3) is 5.69 Å². The average Bonchev–Trinajstić information content (AvgIpc) is 3.13. The summed E-state index contributed by atoms with van der Waals surface area (Å²) in [6.45, 7) is 2.50. The van der Waals surface area contributed by atoms with Crippen LogP contribution >= 0.6 is 0 Å². The quantitative estimate of drug-likeness (QED) is 0.698. The number of carbonyl (C=O) groups excluding carboxylic acids is 1. The number of para-hydroxylation sites is 1. The molecular formula is C21H23N3O3. The maximum Gasteiger partial charge on any atom is 0.275 e. The van der Waals surface area contributed by atoms with Crippen LogP contribution in [0.2, 0.25) is 0 Å². The molecule has 6 heteroatoms. The highest BCUT2D eigenvalue weighted by atomic mass is 16.5. The topological polar surface area (TPSA) is 65.4 Å². The number of nitrogens with zero attached hydrogens (tertiary/aromatic N) is 2. The zero-order chi connectivity index (χ0) is 19.2. The molecule has 140 valence electrons. The van der Waals surface area contributed by atoms with Gasteiger partial charge in [0.2, 0.25) is 0 Å². The van der Waals surface area contributed by atoms with Gasteiger partial charge in [-0.25, -0.2) is 4.68 Å². The summed E-state index contributed by atoms with van der Waals surface area (Å²) >= 11 is 0. The molecule has 0 bridgehead atoms. The Kier molecular flexibility index (Phi) is 5.76. The van der Waals surface area contributed by atoms with Crippen LogP contribution in [0, 0.1) is 6.92 Å². The first kappa shape index (κ1) is 18.5. The molecule has 27 heavy (non-hydrogen) atoms. The van der Waals surface area contributed by atoms with E-state index in [1.807, 2.05) is 49.4 Å². The van der Waals surface area contributed by atoms with E-state index in [-0.39, 0.29) is 11.6 Å². The van der Waals surface area contributed by atoms with E-state index < -0.39 is 0 Å². The number of methoxy groups -OCH3 is 2. The normalized spacial score (nSPS) is 10.5. The molecule has 6 nitrogen and oxygen atoms in total. The Hall–Kier alpha value is -3.28. The number of benzene rings is 2. The van der Waals surface area contributed by atoms with Crippen LogP contribution < -0.4 is 14.8 Å². The van der Waals surface area contributed by atoms with Gasteiger partial charge in [0.15, 0.2) is 11.4 Å². The summed E-state index contributed by atoms with van der Waals surface area (Å²) in [5.74, 6) is 0.985. The van der Waals surface area contributed by atoms with Crippen LogP contribution in [0.1, 0.15) is 21.6 Å². The predicted molar refractivity (Wildman–Crippen MR) is 104 cm³/mol. The van der Waals surface area contributed by atoms with Crippen molar-refractivity contribution in [3.63, 3.8) is 0 Å². The van der Waals surface area contributed by atoms with Crippen LogP contribution in [-0.4, -0.2) is 36.5 Å². The molecule has 2 aromatic carbocycles. The van der Waals surface area contributed by atoms with Crippen molar-refractivity contribution in [1.82, 2.24) is 15.1 Å². The fraction of sp³-hybridized carbons (Fsp3) is 0.238. The lowest BCUT2D eigenvalue weighted by atomic mass is 10.1. The molecule has 0 saturated heterocycles. The lowest BCUT2D eigenvalue weighted by molar-refractivity contribution is 0.0945. The van der Waals surface area contributed by atoms with Gasteiger partial charge in [0, 0.05) is 6.54 Å². The highest BCUT2D eigenvalue weighted by Gasteiger charge is 2.18. The second kappa shape index (κ2) is 8.40. The number of rotatable bonds is 7. The van der Waals surface area contributed by atoms with E-state index >= 15 is 0 Å². The molecule has 0 spiro atoms. The summed E-state index contributed by atoms with van der Waals surface area (Å²) < 4.78 is 12.3. The number of nitrogens with one attached hydrogen (secondary N) is 1. The van der Waals surface area contributed by atoms with Crippen molar-refractivity contribution in [2.75, 3.05) is 20.8 Å². The highest BCUT2D eigenvalue weighted by molar-refractivity contribution is 5.94. The van der Waals surface area contributed by atoms with Crippen molar-refractivity contribution in [3.8, 4) is 17.2 Å². The third kappa shape index (κ3) is 4.28. The minimum Gasteiger partial charge on any atom is -0.496 e. The molecule has 1 N–H and O–H groups in total. The van der Waals surface area contributed by atoms with Crippen molar-refractivity contribution in [1.29, 1.82) is 0 Å². The molecule has 0 aliphatic rings. The molecule has 0 aliphatic carbocycles. The zero-order valence-corrected chi connectivity index (χ0v) is 15.7. The molecule has 0 unspecified atom stereocenters. The van der Waals surface area contributed by atoms with Crippen LogP contribution in [0.3, 0.4) is 0 Å². The summed E-state index contributed by atoms with van der Waals surface area (Å²) in [5.41, 5.74) is 3.33. The molecule has 1 heterocycles. The molecule has 1 aromatic heterocycles. The van der Waals surface area contributed by atoms with Gasteiger partial charge in [0.05, 0.1) is 26.1 Å². The third-order valence-corrected chi connectivity index (χ3v) is 4.25. The monoisotopic (exact) mass is 365 g/mol. The van der Waals surface area contributed by atoms with Gasteiger partial charge in [-0.3, -0.25) is 4.79 Å². The number of amides is 1. The summed E-state index contributed by atoms with van der Waals surface area (Å²) in [6.07, 6.45) is 2.37. The van der Waals surface area contributed by atoms with Crippen LogP contribution in [0.15, 0.2) is 54.7 Å². The highest BCUT2D eigenvalue weighted by Crippen LogP contribution is 2.21. The second-order valence-electron chi connectivity index (χ2n) is 6.15. The fourth-order valence-corrected chi connectivity index (χ4v) is 2.87. The standard InChI is InChI=1S/C21H23N3O3/c1-15-9-10-18(26-2)16(13-15)11-12-22-21(25)20-19(27-3)14-24(23-20)17-7-5-4-6-8-17/h4-10,13-14H,11-12H2,1-3H3,(H,22,25). The molecule has 1 amide bonds. The number of hydrogen-bond acceptors (Lipinski definition) is 4. The van der Waals surface area contributed by atoms with E-state index in [9.17, 15) is 4.79 Å². The fourth-order valence-electron chi connectivity index (χ4n) is 2.87. The molecule has 3 rings (SSSR count). The first-order valence-corrected chi connectivity index (χ1v) is 8.73. The van der Waals surface area contributed by atoms with Gasteiger partial charge in [-0.05, 0) is 37.1 Å². The van der Waals surface area contributed by atoms with E-state index in [4.69, 9.17) is 9.47 Å². The molecule has 0 aliphatic heterocycles. The van der Waals surface area contributed by atoms with Gasteiger partial charge in [-0.2, -0.15) is 5.10 Å². The van der Waals surface area contributed by atoms with Crippen molar-refractivity contribution in [3.05, 3.63) is 71.5 Å². The van der Waals surface area contributed by atoms with Crippen LogP contribution in [0.4, 0.5) is 0 Å². The molecule has 0 radical (unpaired) electrons. The Morgan fingerprint density at radius 1 is 1.07 bits per heavy atom. The summed E-state index contributed by atoms with van der Waals surface area (Å²) in [7, 11) is 3.18. The number of hydrogen-bond donors (Lipinski definition) is 1. The largest absolute Gasteiger partial charge is 0.496 e. The SMILES string of the molecule is COc1ccc(C)cc1CCNC(=O)c1nn(-c2ccccc2)cc1OC. The second-order valence-corrected chi connectivity index (χ2v) is 6.15. The van der Waals surface area contributed by atoms with Gasteiger partial charge in [-0.15, -0.1) is 0 Å². The Morgan fingerprint density at radius 3 is 2.52 bits per heavy atom. The first-order valence-electron chi connectivity index (χ1n) is 8.73. The number of carbonyl (C=O) groups is 1. The van der Waals surface area contributed by atoms with Gasteiger partial charge >= 0.3 is 0 Å². The van der Waals surface area contributed by atoms with Gasteiger partial charge in [0.25, 0.3) is 5.91 Å². The van der Waals surface area contributed by atoms with Crippen molar-refractivity contribution >= 4 is 5.91 Å². The maximum absolute atomic E-state index is 12.6. The van der Waals surface area contributed by atoms with Crippen molar-refractivity contribution < 1.29 is 14.3 Å². The van der Waals surface area contributed by atoms with Gasteiger partial charge < -0.3 is 14.8 Å². The maximum atomic E-state index is 12.6. The zero-order valence-electron chi connectivity index (χ0n) is 15.7. The minimum absolute atomic E-state index is 0.262. The summed E-state index contributed by atoms with van der Waals surface area (Å²) in [6, 6.07) is 15.6. The Bertz CT molecular complexity index is 920. The van der Waals surface area contributed by atoms with Crippen LogP contribution in [0.5, 0.6) is 11.5 Å². The molecular weight excluding hydrogens is 342 g/mol. The third-order valence-electron chi connectivity index (χ3n) is 4.25. The van der Waals surface area contributed by atoms with Crippen molar-refractivity contribution in [2.45, 2.75) is 13.3 Å². The lowest BCUT2D eigenvalue weighted by Gasteiger charge is -2.10. The number of ether oxygens (including phenoxy) is 2. The summed E-state index contributed by atoms with van der Waals surface area (Å²) in [4.78, 5) is 12.6. The molecule has 0 saturated carbocycles. The van der Waals surface area contributed by atoms with E-state index in [0.29, 0.717) is 18.7 Å². The number of aromatic nitrogens is 2. The summed E-state index contributed by atoms with van der Waals surface area (Å²) in [5, 5.41) is 7.29. The van der Waals surface area contributed by atoms with E-state index in [0.717, 1.165) is 22.6 Å².